The van der Waals surface area contributed by atoms with Crippen molar-refractivity contribution in [1.29, 1.82) is 0 Å². The van der Waals surface area contributed by atoms with Crippen molar-refractivity contribution in [3.05, 3.63) is 75.0 Å². The first kappa shape index (κ1) is 22.6. The first-order valence-electron chi connectivity index (χ1n) is 10.2. The summed E-state index contributed by atoms with van der Waals surface area (Å²) in [4.78, 5) is 0. The summed E-state index contributed by atoms with van der Waals surface area (Å²) in [5.41, 5.74) is 3.81. The largest absolute Gasteiger partial charge is 0.504 e. The van der Waals surface area contributed by atoms with Crippen molar-refractivity contribution < 1.29 is 9.84 Å². The van der Waals surface area contributed by atoms with Gasteiger partial charge >= 0.3 is 0 Å². The molecule has 0 aliphatic heterocycles. The van der Waals surface area contributed by atoms with E-state index in [4.69, 9.17) is 27.9 Å². The van der Waals surface area contributed by atoms with Crippen LogP contribution >= 0.6 is 23.2 Å². The Morgan fingerprint density at radius 1 is 1.17 bits per heavy atom. The molecule has 3 rings (SSSR count). The van der Waals surface area contributed by atoms with Crippen molar-refractivity contribution in [3.63, 3.8) is 0 Å². The fraction of sp³-hybridized carbons (Fsp3) is 0.360. The molecule has 0 radical (unpaired) electrons. The maximum Gasteiger partial charge on any atom is 0.157 e. The fourth-order valence-corrected chi connectivity index (χ4v) is 4.25. The molecule has 0 saturated heterocycles. The van der Waals surface area contributed by atoms with Crippen LogP contribution in [0, 0.1) is 18.3 Å². The van der Waals surface area contributed by atoms with Gasteiger partial charge in [0.2, 0.25) is 0 Å². The predicted octanol–water partition coefficient (Wildman–Crippen LogP) is 7.89. The lowest BCUT2D eigenvalue weighted by molar-refractivity contribution is 0.354. The van der Waals surface area contributed by atoms with E-state index >= 15 is 0 Å². The Kier molecular flexibility index (Phi) is 6.74. The number of phenols is 1. The summed E-state index contributed by atoms with van der Waals surface area (Å²) in [6.45, 7) is 11.3. The van der Waals surface area contributed by atoms with Gasteiger partial charge in [0.05, 0.1) is 10.7 Å². The quantitative estimate of drug-likeness (QED) is 0.459. The number of nitrogens with one attached hydrogen (secondary N) is 1. The number of anilines is 1. The van der Waals surface area contributed by atoms with Crippen LogP contribution in [0.15, 0.2) is 53.8 Å². The molecule has 1 aliphatic carbocycles. The lowest BCUT2D eigenvalue weighted by Gasteiger charge is -2.31. The van der Waals surface area contributed by atoms with E-state index in [1.165, 1.54) is 5.57 Å². The maximum absolute atomic E-state index is 10.3. The first-order chi connectivity index (χ1) is 14.1. The molecule has 1 aliphatic rings. The third-order valence-electron chi connectivity index (χ3n) is 5.41. The zero-order valence-electron chi connectivity index (χ0n) is 18.1. The van der Waals surface area contributed by atoms with Crippen molar-refractivity contribution in [2.24, 2.45) is 11.3 Å². The molecule has 2 aromatic rings. The molecule has 1 unspecified atom stereocenters. The van der Waals surface area contributed by atoms with Crippen molar-refractivity contribution in [2.45, 2.75) is 47.6 Å². The highest BCUT2D eigenvalue weighted by molar-refractivity contribution is 6.37. The predicted molar refractivity (Wildman–Crippen MR) is 127 cm³/mol. The molecular weight excluding hydrogens is 417 g/mol. The van der Waals surface area contributed by atoms with Crippen LogP contribution in [0.4, 0.5) is 5.69 Å². The molecule has 0 bridgehead atoms. The van der Waals surface area contributed by atoms with Gasteiger partial charge in [-0.05, 0) is 53.7 Å². The van der Waals surface area contributed by atoms with Crippen LogP contribution in [0.5, 0.6) is 11.5 Å². The van der Waals surface area contributed by atoms with E-state index in [0.717, 1.165) is 23.5 Å². The van der Waals surface area contributed by atoms with Crippen LogP contribution in [0.1, 0.15) is 45.2 Å². The Morgan fingerprint density at radius 3 is 2.57 bits per heavy atom. The summed E-state index contributed by atoms with van der Waals surface area (Å²) in [6.07, 6.45) is 5.17. The minimum Gasteiger partial charge on any atom is -0.504 e. The topological polar surface area (TPSA) is 41.5 Å². The van der Waals surface area contributed by atoms with Gasteiger partial charge in [0.25, 0.3) is 0 Å². The zero-order chi connectivity index (χ0) is 22.1. The Balaban J connectivity index is 1.71. The lowest BCUT2D eigenvalue weighted by Crippen LogP contribution is -2.19. The van der Waals surface area contributed by atoms with E-state index in [1.54, 1.807) is 13.0 Å². The molecule has 3 nitrogen and oxygen atoms in total. The Bertz CT molecular complexity index is 1000. The molecule has 0 saturated carbocycles. The number of hydrogen-bond donors (Lipinski definition) is 2. The van der Waals surface area contributed by atoms with E-state index in [0.29, 0.717) is 28.7 Å². The zero-order valence-corrected chi connectivity index (χ0v) is 19.7. The van der Waals surface area contributed by atoms with E-state index in [2.05, 4.69) is 45.2 Å². The van der Waals surface area contributed by atoms with Crippen molar-refractivity contribution in [1.82, 2.24) is 0 Å². The highest BCUT2D eigenvalue weighted by atomic mass is 35.5. The smallest absolute Gasteiger partial charge is 0.157 e. The lowest BCUT2D eigenvalue weighted by atomic mass is 9.76. The second-order valence-electron chi connectivity index (χ2n) is 8.91. The number of allylic oxidation sites excluding steroid dienone is 4. The van der Waals surface area contributed by atoms with E-state index in [9.17, 15) is 5.11 Å². The number of rotatable bonds is 5. The molecule has 1 atom stereocenters. The second-order valence-corrected chi connectivity index (χ2v) is 9.69. The minimum absolute atomic E-state index is 0.00811. The van der Waals surface area contributed by atoms with E-state index in [-0.39, 0.29) is 16.2 Å². The van der Waals surface area contributed by atoms with Crippen LogP contribution in [-0.4, -0.2) is 5.11 Å². The summed E-state index contributed by atoms with van der Waals surface area (Å²) in [7, 11) is 0. The number of phenolic OH excluding ortho intramolecular Hbond substituents is 1. The molecule has 0 fully saturated rings. The molecule has 160 valence electrons. The van der Waals surface area contributed by atoms with Gasteiger partial charge in [0.15, 0.2) is 5.75 Å². The van der Waals surface area contributed by atoms with Crippen molar-refractivity contribution >= 4 is 28.9 Å². The molecule has 30 heavy (non-hydrogen) atoms. The van der Waals surface area contributed by atoms with E-state index < -0.39 is 0 Å². The van der Waals surface area contributed by atoms with Gasteiger partial charge < -0.3 is 15.2 Å². The molecule has 5 heteroatoms. The normalized spacial score (nSPS) is 16.7. The summed E-state index contributed by atoms with van der Waals surface area (Å²) in [6, 6.07) is 9.60. The van der Waals surface area contributed by atoms with Crippen LogP contribution in [0.25, 0.3) is 0 Å². The van der Waals surface area contributed by atoms with E-state index in [1.807, 2.05) is 24.3 Å². The molecular formula is C25H29Cl2NO2. The Labute approximate surface area is 189 Å². The number of halogens is 2. The maximum atomic E-state index is 10.3. The average Bonchev–Trinajstić information content (AvgIpc) is 2.67. The summed E-state index contributed by atoms with van der Waals surface area (Å²) in [5, 5.41) is 14.2. The molecule has 0 spiro atoms. The van der Waals surface area contributed by atoms with Crippen LogP contribution in [0.3, 0.4) is 0 Å². The van der Waals surface area contributed by atoms with Gasteiger partial charge in [-0.2, -0.15) is 0 Å². The third-order valence-corrected chi connectivity index (χ3v) is 6.26. The second kappa shape index (κ2) is 8.95. The van der Waals surface area contributed by atoms with Crippen LogP contribution in [-0.2, 0) is 6.54 Å². The van der Waals surface area contributed by atoms with Crippen molar-refractivity contribution in [3.8, 4) is 11.5 Å². The summed E-state index contributed by atoms with van der Waals surface area (Å²) >= 11 is 12.3. The van der Waals surface area contributed by atoms with Gasteiger partial charge in [0.1, 0.15) is 11.5 Å². The van der Waals surface area contributed by atoms with Crippen molar-refractivity contribution in [2.75, 3.05) is 5.32 Å². The Hall–Kier alpha value is -2.10. The summed E-state index contributed by atoms with van der Waals surface area (Å²) in [5.74, 6) is 2.22. The fourth-order valence-electron chi connectivity index (χ4n) is 3.80. The van der Waals surface area contributed by atoms with Crippen LogP contribution < -0.4 is 10.1 Å². The minimum atomic E-state index is 0.00811. The first-order valence-corrected chi connectivity index (χ1v) is 10.9. The molecule has 0 aromatic heterocycles. The average molecular weight is 446 g/mol. The SMILES string of the molecule is Cc1c(Cl)cc(NCc2cccc(OC3=CC=C(C(C)(C)C)C(C)C3)c2)c(O)c1Cl. The van der Waals surface area contributed by atoms with Crippen LogP contribution in [0.2, 0.25) is 10.0 Å². The highest BCUT2D eigenvalue weighted by Crippen LogP contribution is 2.39. The Morgan fingerprint density at radius 2 is 1.90 bits per heavy atom. The standard InChI is InChI=1S/C25H29Cl2NO2/c1-15-11-19(9-10-20(15)25(3,4)5)30-18-8-6-7-17(12-18)14-28-22-13-21(26)16(2)23(27)24(22)29/h6-10,12-13,15,28-29H,11,14H2,1-5H3. The number of aromatic hydroxyl groups is 1. The van der Waals surface area contributed by atoms with Gasteiger partial charge in [-0.1, -0.05) is 74.7 Å². The van der Waals surface area contributed by atoms with Gasteiger partial charge in [0, 0.05) is 18.0 Å². The van der Waals surface area contributed by atoms with Gasteiger partial charge in [-0.25, -0.2) is 0 Å². The van der Waals surface area contributed by atoms with Gasteiger partial charge in [-0.15, -0.1) is 0 Å². The molecule has 0 heterocycles. The summed E-state index contributed by atoms with van der Waals surface area (Å²) < 4.78 is 6.15. The highest BCUT2D eigenvalue weighted by Gasteiger charge is 2.25. The molecule has 2 N–H and O–H groups in total. The number of hydrogen-bond acceptors (Lipinski definition) is 3. The number of ether oxygens (including phenoxy) is 1. The third kappa shape index (κ3) is 5.14. The van der Waals surface area contributed by atoms with Gasteiger partial charge in [-0.3, -0.25) is 0 Å². The number of benzene rings is 2. The monoisotopic (exact) mass is 445 g/mol. The molecule has 2 aromatic carbocycles. The molecule has 0 amide bonds.